The summed E-state index contributed by atoms with van der Waals surface area (Å²) in [7, 11) is 0. The van der Waals surface area contributed by atoms with Crippen molar-refractivity contribution in [3.05, 3.63) is 66.0 Å². The lowest BCUT2D eigenvalue weighted by Gasteiger charge is -2.41. The highest BCUT2D eigenvalue weighted by atomic mass is 16.3. The van der Waals surface area contributed by atoms with E-state index in [0.717, 1.165) is 24.1 Å². The second-order valence-electron chi connectivity index (χ2n) is 6.66. The number of aromatic nitrogens is 1. The number of benzene rings is 1. The molecule has 0 unspecified atom stereocenters. The molecule has 0 radical (unpaired) electrons. The molecule has 1 aliphatic carbocycles. The fourth-order valence-corrected chi connectivity index (χ4v) is 3.92. The van der Waals surface area contributed by atoms with Crippen LogP contribution in [0.4, 0.5) is 0 Å². The number of aliphatic hydroxyl groups is 1. The van der Waals surface area contributed by atoms with Crippen LogP contribution in [0.5, 0.6) is 0 Å². The van der Waals surface area contributed by atoms with Crippen LogP contribution in [0.25, 0.3) is 0 Å². The highest BCUT2D eigenvalue weighted by Crippen LogP contribution is 2.43. The van der Waals surface area contributed by atoms with E-state index >= 15 is 0 Å². The van der Waals surface area contributed by atoms with Gasteiger partial charge < -0.3 is 5.11 Å². The molecule has 22 heavy (non-hydrogen) atoms. The van der Waals surface area contributed by atoms with E-state index < -0.39 is 5.60 Å². The third-order valence-electron chi connectivity index (χ3n) is 5.13. The summed E-state index contributed by atoms with van der Waals surface area (Å²) in [5, 5.41) is 11.5. The molecule has 1 aromatic carbocycles. The minimum atomic E-state index is -0.768. The molecule has 1 heterocycles. The third-order valence-corrected chi connectivity index (χ3v) is 5.13. The molecule has 0 bridgehead atoms. The molecule has 0 amide bonds. The molecule has 1 saturated carbocycles. The lowest BCUT2D eigenvalue weighted by molar-refractivity contribution is -0.0312. The van der Waals surface area contributed by atoms with Crippen LogP contribution < -0.4 is 0 Å². The monoisotopic (exact) mass is 295 g/mol. The predicted octanol–water partition coefficient (Wildman–Crippen LogP) is 4.54. The van der Waals surface area contributed by atoms with Gasteiger partial charge in [-0.25, -0.2) is 0 Å². The van der Waals surface area contributed by atoms with Crippen molar-refractivity contribution in [3.8, 4) is 0 Å². The van der Waals surface area contributed by atoms with Gasteiger partial charge in [0.05, 0.1) is 17.2 Å². The number of pyridine rings is 1. The highest BCUT2D eigenvalue weighted by molar-refractivity contribution is 5.32. The van der Waals surface area contributed by atoms with E-state index in [1.165, 1.54) is 19.3 Å². The number of hydrogen-bond acceptors (Lipinski definition) is 2. The van der Waals surface area contributed by atoms with Crippen molar-refractivity contribution < 1.29 is 5.11 Å². The number of rotatable bonds is 4. The van der Waals surface area contributed by atoms with Crippen molar-refractivity contribution in [2.24, 2.45) is 5.92 Å². The van der Waals surface area contributed by atoms with E-state index in [4.69, 9.17) is 0 Å². The average molecular weight is 295 g/mol. The lowest BCUT2D eigenvalue weighted by Crippen LogP contribution is -2.42. The van der Waals surface area contributed by atoms with Crippen LogP contribution in [0.2, 0.25) is 0 Å². The molecule has 0 spiro atoms. The third kappa shape index (κ3) is 3.07. The number of hydrogen-bond donors (Lipinski definition) is 1. The maximum absolute atomic E-state index is 11.5. The average Bonchev–Trinajstić information content (AvgIpc) is 2.58. The topological polar surface area (TPSA) is 33.1 Å². The minimum Gasteiger partial charge on any atom is -0.389 e. The standard InChI is InChI=1S/C20H25NO/c1-20(22,17-12-6-3-7-13-17)19(16-10-4-2-5-11-16)18-14-8-9-15-21-18/h2,4-5,8-11,14-15,17,19,22H,3,6-7,12-13H2,1H3/t19-,20-/m0/s1. The second-order valence-corrected chi connectivity index (χ2v) is 6.66. The molecule has 1 N–H and O–H groups in total. The van der Waals surface area contributed by atoms with Crippen LogP contribution in [0.3, 0.4) is 0 Å². The molecule has 0 saturated heterocycles. The van der Waals surface area contributed by atoms with E-state index in [2.05, 4.69) is 17.1 Å². The smallest absolute Gasteiger partial charge is 0.0771 e. The zero-order chi connectivity index (χ0) is 15.4. The maximum atomic E-state index is 11.5. The normalized spacial score (nSPS) is 20.3. The Morgan fingerprint density at radius 1 is 1.00 bits per heavy atom. The summed E-state index contributed by atoms with van der Waals surface area (Å²) in [5.41, 5.74) is 1.34. The van der Waals surface area contributed by atoms with Crippen molar-refractivity contribution >= 4 is 0 Å². The van der Waals surface area contributed by atoms with Gasteiger partial charge in [-0.05, 0) is 43.4 Å². The quantitative estimate of drug-likeness (QED) is 0.898. The number of nitrogens with zero attached hydrogens (tertiary/aromatic N) is 1. The van der Waals surface area contributed by atoms with Gasteiger partial charge in [-0.15, -0.1) is 0 Å². The summed E-state index contributed by atoms with van der Waals surface area (Å²) in [5.74, 6) is 0.270. The zero-order valence-corrected chi connectivity index (χ0v) is 13.3. The molecule has 1 aliphatic rings. The van der Waals surface area contributed by atoms with E-state index in [-0.39, 0.29) is 5.92 Å². The highest BCUT2D eigenvalue weighted by Gasteiger charge is 2.42. The van der Waals surface area contributed by atoms with Gasteiger partial charge in [0.25, 0.3) is 0 Å². The van der Waals surface area contributed by atoms with Crippen LogP contribution in [-0.4, -0.2) is 15.7 Å². The first-order valence-electron chi connectivity index (χ1n) is 8.38. The summed E-state index contributed by atoms with van der Waals surface area (Å²) < 4.78 is 0. The molecule has 1 aromatic heterocycles. The van der Waals surface area contributed by atoms with Crippen LogP contribution >= 0.6 is 0 Å². The Hall–Kier alpha value is -1.67. The van der Waals surface area contributed by atoms with Crippen LogP contribution in [0.15, 0.2) is 54.7 Å². The van der Waals surface area contributed by atoms with Crippen LogP contribution in [-0.2, 0) is 0 Å². The van der Waals surface area contributed by atoms with Gasteiger partial charge in [-0.1, -0.05) is 55.7 Å². The van der Waals surface area contributed by atoms with Gasteiger partial charge in [-0.2, -0.15) is 0 Å². The molecule has 0 aliphatic heterocycles. The Kier molecular flexibility index (Phi) is 4.58. The summed E-state index contributed by atoms with van der Waals surface area (Å²) >= 11 is 0. The fourth-order valence-electron chi connectivity index (χ4n) is 3.92. The minimum absolute atomic E-state index is 0.0713. The SMILES string of the molecule is C[C@](O)(C1CCCCC1)[C@@H](c1ccccc1)c1ccccn1. The molecule has 116 valence electrons. The van der Waals surface area contributed by atoms with Crippen molar-refractivity contribution in [2.45, 2.75) is 50.5 Å². The Bertz CT molecular complexity index is 534. The Balaban J connectivity index is 2.01. The molecule has 2 atom stereocenters. The first kappa shape index (κ1) is 15.2. The lowest BCUT2D eigenvalue weighted by atomic mass is 9.68. The van der Waals surface area contributed by atoms with Crippen LogP contribution in [0, 0.1) is 5.92 Å². The Morgan fingerprint density at radius 2 is 1.68 bits per heavy atom. The fraction of sp³-hybridized carbons (Fsp3) is 0.450. The van der Waals surface area contributed by atoms with Gasteiger partial charge in [0.2, 0.25) is 0 Å². The van der Waals surface area contributed by atoms with Crippen molar-refractivity contribution in [1.29, 1.82) is 0 Å². The maximum Gasteiger partial charge on any atom is 0.0771 e. The van der Waals surface area contributed by atoms with Crippen molar-refractivity contribution in [2.75, 3.05) is 0 Å². The molecule has 3 rings (SSSR count). The van der Waals surface area contributed by atoms with E-state index in [9.17, 15) is 5.11 Å². The second kappa shape index (κ2) is 6.62. The molecular formula is C20H25NO. The van der Waals surface area contributed by atoms with Crippen molar-refractivity contribution in [1.82, 2.24) is 4.98 Å². The van der Waals surface area contributed by atoms with Gasteiger partial charge in [0.15, 0.2) is 0 Å². The molecule has 1 fully saturated rings. The summed E-state index contributed by atoms with van der Waals surface area (Å²) in [6, 6.07) is 16.3. The van der Waals surface area contributed by atoms with Gasteiger partial charge in [0, 0.05) is 6.20 Å². The van der Waals surface area contributed by atoms with E-state index in [1.807, 2.05) is 49.5 Å². The van der Waals surface area contributed by atoms with E-state index in [1.54, 1.807) is 0 Å². The Labute approximate surface area is 133 Å². The van der Waals surface area contributed by atoms with Crippen LogP contribution in [0.1, 0.15) is 56.2 Å². The van der Waals surface area contributed by atoms with E-state index in [0.29, 0.717) is 5.92 Å². The summed E-state index contributed by atoms with van der Waals surface area (Å²) in [6.45, 7) is 2.01. The summed E-state index contributed by atoms with van der Waals surface area (Å²) in [4.78, 5) is 4.56. The first-order valence-corrected chi connectivity index (χ1v) is 8.38. The summed E-state index contributed by atoms with van der Waals surface area (Å²) in [6.07, 6.45) is 7.80. The first-order chi connectivity index (χ1) is 10.7. The largest absolute Gasteiger partial charge is 0.389 e. The van der Waals surface area contributed by atoms with Gasteiger partial charge in [0.1, 0.15) is 0 Å². The molecular weight excluding hydrogens is 270 g/mol. The molecule has 2 nitrogen and oxygen atoms in total. The Morgan fingerprint density at radius 3 is 2.32 bits per heavy atom. The van der Waals surface area contributed by atoms with Gasteiger partial charge in [-0.3, -0.25) is 4.98 Å². The predicted molar refractivity (Wildman–Crippen MR) is 89.7 cm³/mol. The molecule has 2 heteroatoms. The molecule has 2 aromatic rings. The zero-order valence-electron chi connectivity index (χ0n) is 13.3. The van der Waals surface area contributed by atoms with Gasteiger partial charge >= 0.3 is 0 Å². The van der Waals surface area contributed by atoms with Crippen molar-refractivity contribution in [3.63, 3.8) is 0 Å².